The highest BCUT2D eigenvalue weighted by molar-refractivity contribution is 7.14. The number of carbonyl (C=O) groups excluding carboxylic acids is 2. The average Bonchev–Trinajstić information content (AvgIpc) is 3.23. The van der Waals surface area contributed by atoms with Crippen molar-refractivity contribution in [3.8, 4) is 0 Å². The molecule has 9 nitrogen and oxygen atoms in total. The summed E-state index contributed by atoms with van der Waals surface area (Å²) < 4.78 is 0. The number of aryl methyl sites for hydroxylation is 2. The van der Waals surface area contributed by atoms with E-state index in [1.165, 1.54) is 22.7 Å². The molecule has 2 amide bonds. The van der Waals surface area contributed by atoms with Crippen molar-refractivity contribution in [1.29, 1.82) is 0 Å². The van der Waals surface area contributed by atoms with Gasteiger partial charge in [-0.2, -0.15) is 0 Å². The number of thiazole rings is 2. The summed E-state index contributed by atoms with van der Waals surface area (Å²) in [5.41, 5.74) is 2.99. The lowest BCUT2D eigenvalue weighted by Crippen LogP contribution is -2.20. The summed E-state index contributed by atoms with van der Waals surface area (Å²) in [4.78, 5) is 40.9. The second-order valence-electron chi connectivity index (χ2n) is 5.96. The van der Waals surface area contributed by atoms with Gasteiger partial charge in [-0.1, -0.05) is 0 Å². The molecule has 0 aliphatic rings. The van der Waals surface area contributed by atoms with E-state index in [1.807, 2.05) is 25.3 Å². The van der Waals surface area contributed by atoms with Crippen LogP contribution >= 0.6 is 22.7 Å². The predicted octanol–water partition coefficient (Wildman–Crippen LogP) is 2.22. The zero-order valence-corrected chi connectivity index (χ0v) is 17.2. The van der Waals surface area contributed by atoms with Crippen molar-refractivity contribution in [2.75, 3.05) is 17.7 Å². The second-order valence-corrected chi connectivity index (χ2v) is 7.68. The summed E-state index contributed by atoms with van der Waals surface area (Å²) in [5.74, 6) is 0.132. The summed E-state index contributed by atoms with van der Waals surface area (Å²) in [7, 11) is 1.57. The number of hydrogen-bond donors (Lipinski definition) is 3. The lowest BCUT2D eigenvalue weighted by Gasteiger charge is -2.03. The first-order valence-electron chi connectivity index (χ1n) is 8.40. The zero-order valence-electron chi connectivity index (χ0n) is 15.6. The lowest BCUT2D eigenvalue weighted by molar-refractivity contribution is -0.120. The summed E-state index contributed by atoms with van der Waals surface area (Å²) in [6, 6.07) is 1.89. The van der Waals surface area contributed by atoms with Crippen molar-refractivity contribution in [2.45, 2.75) is 26.7 Å². The first kappa shape index (κ1) is 19.8. The topological polar surface area (TPSA) is 122 Å². The van der Waals surface area contributed by atoms with Crippen molar-refractivity contribution in [3.63, 3.8) is 0 Å². The van der Waals surface area contributed by atoms with Gasteiger partial charge in [-0.15, -0.1) is 22.7 Å². The first-order chi connectivity index (χ1) is 13.4. The Hall–Kier alpha value is -2.92. The largest absolute Gasteiger partial charge is 0.359 e. The van der Waals surface area contributed by atoms with Crippen molar-refractivity contribution in [1.82, 2.24) is 25.3 Å². The standard InChI is InChI=1S/C17H19N7O2S2/c1-9-4-10(2)20-15(19-9)24-17-22-12(8-28-17)6-14(26)23-16-21-11(7-27-16)5-13(25)18-3/h4,7-8H,5-6H2,1-3H3,(H,18,25)(H,21,23,26)(H,19,20,22,24). The van der Waals surface area contributed by atoms with Crippen LogP contribution in [0.1, 0.15) is 22.8 Å². The summed E-state index contributed by atoms with van der Waals surface area (Å²) >= 11 is 2.66. The van der Waals surface area contributed by atoms with Gasteiger partial charge < -0.3 is 16.0 Å². The molecule has 0 aromatic carbocycles. The van der Waals surface area contributed by atoms with Gasteiger partial charge >= 0.3 is 0 Å². The van der Waals surface area contributed by atoms with Crippen molar-refractivity contribution in [3.05, 3.63) is 39.6 Å². The van der Waals surface area contributed by atoms with Gasteiger partial charge in [0.2, 0.25) is 17.8 Å². The monoisotopic (exact) mass is 417 g/mol. The van der Waals surface area contributed by atoms with Gasteiger partial charge in [0, 0.05) is 29.2 Å². The van der Waals surface area contributed by atoms with Gasteiger partial charge in [0.1, 0.15) is 0 Å². The second kappa shape index (κ2) is 8.85. The Morgan fingerprint density at radius 3 is 2.11 bits per heavy atom. The van der Waals surface area contributed by atoms with Crippen LogP contribution in [-0.2, 0) is 22.4 Å². The summed E-state index contributed by atoms with van der Waals surface area (Å²) in [6.45, 7) is 3.80. The van der Waals surface area contributed by atoms with Gasteiger partial charge in [0.05, 0.1) is 24.2 Å². The van der Waals surface area contributed by atoms with Crippen LogP contribution in [0.2, 0.25) is 0 Å². The van der Waals surface area contributed by atoms with Gasteiger partial charge in [0.15, 0.2) is 10.3 Å². The van der Waals surface area contributed by atoms with Gasteiger partial charge in [-0.05, 0) is 19.9 Å². The van der Waals surface area contributed by atoms with Crippen molar-refractivity contribution >= 4 is 50.7 Å². The van der Waals surface area contributed by atoms with Crippen LogP contribution < -0.4 is 16.0 Å². The molecule has 11 heteroatoms. The minimum absolute atomic E-state index is 0.121. The van der Waals surface area contributed by atoms with Gasteiger partial charge in [-0.25, -0.2) is 19.9 Å². The maximum Gasteiger partial charge on any atom is 0.232 e. The molecule has 0 spiro atoms. The van der Waals surface area contributed by atoms with E-state index >= 15 is 0 Å². The Morgan fingerprint density at radius 1 is 0.893 bits per heavy atom. The van der Waals surface area contributed by atoms with E-state index in [-0.39, 0.29) is 24.7 Å². The number of nitrogens with one attached hydrogen (secondary N) is 3. The minimum Gasteiger partial charge on any atom is -0.359 e. The van der Waals surface area contributed by atoms with Crippen LogP contribution in [0.15, 0.2) is 16.8 Å². The fourth-order valence-electron chi connectivity index (χ4n) is 2.35. The van der Waals surface area contributed by atoms with Crippen LogP contribution in [0.4, 0.5) is 16.2 Å². The SMILES string of the molecule is CNC(=O)Cc1csc(NC(=O)Cc2csc(Nc3nc(C)cc(C)n3)n2)n1. The Balaban J connectivity index is 1.56. The van der Waals surface area contributed by atoms with Crippen molar-refractivity contribution in [2.24, 2.45) is 0 Å². The van der Waals surface area contributed by atoms with E-state index in [1.54, 1.807) is 12.4 Å². The molecule has 3 N–H and O–H groups in total. The third-order valence-corrected chi connectivity index (χ3v) is 5.13. The molecule has 0 aliphatic heterocycles. The smallest absolute Gasteiger partial charge is 0.232 e. The Kier molecular flexibility index (Phi) is 6.26. The number of amides is 2. The molecule has 146 valence electrons. The normalized spacial score (nSPS) is 10.5. The molecular weight excluding hydrogens is 398 g/mol. The molecule has 0 aliphatic carbocycles. The molecule has 0 fully saturated rings. The summed E-state index contributed by atoms with van der Waals surface area (Å²) in [6.07, 6.45) is 0.306. The maximum atomic E-state index is 12.2. The van der Waals surface area contributed by atoms with E-state index in [2.05, 4.69) is 35.9 Å². The Morgan fingerprint density at radius 2 is 1.46 bits per heavy atom. The van der Waals surface area contributed by atoms with Crippen LogP contribution in [-0.4, -0.2) is 38.8 Å². The zero-order chi connectivity index (χ0) is 20.1. The van der Waals surface area contributed by atoms with E-state index in [0.29, 0.717) is 27.6 Å². The number of carbonyl (C=O) groups is 2. The minimum atomic E-state index is -0.222. The highest BCUT2D eigenvalue weighted by Crippen LogP contribution is 2.20. The molecule has 3 aromatic rings. The van der Waals surface area contributed by atoms with Crippen LogP contribution in [0.5, 0.6) is 0 Å². The van der Waals surface area contributed by atoms with Crippen LogP contribution in [0.3, 0.4) is 0 Å². The average molecular weight is 418 g/mol. The maximum absolute atomic E-state index is 12.2. The number of nitrogens with zero attached hydrogens (tertiary/aromatic N) is 4. The highest BCUT2D eigenvalue weighted by atomic mass is 32.1. The van der Waals surface area contributed by atoms with Crippen molar-refractivity contribution < 1.29 is 9.59 Å². The number of aromatic nitrogens is 4. The Labute approximate surface area is 169 Å². The number of rotatable bonds is 7. The fourth-order valence-corrected chi connectivity index (χ4v) is 3.78. The third-order valence-electron chi connectivity index (χ3n) is 3.51. The lowest BCUT2D eigenvalue weighted by atomic mass is 10.3. The van der Waals surface area contributed by atoms with Gasteiger partial charge in [0.25, 0.3) is 0 Å². The van der Waals surface area contributed by atoms with E-state index in [4.69, 9.17) is 0 Å². The van der Waals surface area contributed by atoms with Crippen LogP contribution in [0, 0.1) is 13.8 Å². The number of hydrogen-bond acceptors (Lipinski definition) is 9. The molecule has 0 saturated carbocycles. The third kappa shape index (κ3) is 5.54. The van der Waals surface area contributed by atoms with E-state index in [9.17, 15) is 9.59 Å². The summed E-state index contributed by atoms with van der Waals surface area (Å²) in [5, 5.41) is 13.0. The molecule has 28 heavy (non-hydrogen) atoms. The molecule has 0 bridgehead atoms. The molecular formula is C17H19N7O2S2. The quantitative estimate of drug-likeness (QED) is 0.539. The molecule has 3 rings (SSSR count). The molecule has 0 radical (unpaired) electrons. The highest BCUT2D eigenvalue weighted by Gasteiger charge is 2.12. The van der Waals surface area contributed by atoms with Gasteiger partial charge in [-0.3, -0.25) is 9.59 Å². The molecule has 0 atom stereocenters. The predicted molar refractivity (Wildman–Crippen MR) is 109 cm³/mol. The molecule has 3 aromatic heterocycles. The van der Waals surface area contributed by atoms with E-state index < -0.39 is 0 Å². The molecule has 0 unspecified atom stereocenters. The molecule has 0 saturated heterocycles. The van der Waals surface area contributed by atoms with Crippen LogP contribution in [0.25, 0.3) is 0 Å². The first-order valence-corrected chi connectivity index (χ1v) is 10.2. The van der Waals surface area contributed by atoms with E-state index in [0.717, 1.165) is 11.4 Å². The number of anilines is 3. The molecule has 3 heterocycles. The Bertz CT molecular complexity index is 979. The fraction of sp³-hybridized carbons (Fsp3) is 0.294. The number of likely N-dealkylation sites (N-methyl/N-ethyl adjacent to an activating group) is 1.